The van der Waals surface area contributed by atoms with Crippen LogP contribution in [0.5, 0.6) is 0 Å². The van der Waals surface area contributed by atoms with Crippen molar-refractivity contribution in [2.24, 2.45) is 0 Å². The molecular formula is C15H18N2O3. The Hall–Kier alpha value is -2.17. The Morgan fingerprint density at radius 2 is 2.15 bits per heavy atom. The molecular weight excluding hydrogens is 256 g/mol. The fourth-order valence-electron chi connectivity index (χ4n) is 2.48. The maximum Gasteiger partial charge on any atom is 0.276 e. The zero-order valence-electron chi connectivity index (χ0n) is 11.5. The highest BCUT2D eigenvalue weighted by molar-refractivity contribution is 5.92. The number of carbonyl (C=O) groups excluding carboxylic acids is 1. The highest BCUT2D eigenvalue weighted by Gasteiger charge is 2.21. The summed E-state index contributed by atoms with van der Waals surface area (Å²) < 4.78 is 0. The van der Waals surface area contributed by atoms with Gasteiger partial charge in [0.1, 0.15) is 0 Å². The van der Waals surface area contributed by atoms with Gasteiger partial charge in [-0.25, -0.2) is 0 Å². The predicted octanol–water partition coefficient (Wildman–Crippen LogP) is 3.01. The number of hydrogen-bond donors (Lipinski definition) is 0. The summed E-state index contributed by atoms with van der Waals surface area (Å²) in [5.41, 5.74) is 0.471. The molecule has 0 radical (unpaired) electrons. The van der Waals surface area contributed by atoms with Crippen LogP contribution in [0.25, 0.3) is 6.08 Å². The Bertz CT molecular complexity index is 540. The number of para-hydroxylation sites is 1. The van der Waals surface area contributed by atoms with Crippen LogP contribution in [0.3, 0.4) is 0 Å². The van der Waals surface area contributed by atoms with Crippen LogP contribution in [0, 0.1) is 10.1 Å². The second kappa shape index (κ2) is 6.32. The fraction of sp³-hybridized carbons (Fsp3) is 0.400. The second-order valence-electron chi connectivity index (χ2n) is 5.03. The maximum atomic E-state index is 12.1. The molecule has 1 unspecified atom stereocenters. The smallest absolute Gasteiger partial charge is 0.276 e. The normalized spacial score (nSPS) is 19.2. The number of piperidine rings is 1. The van der Waals surface area contributed by atoms with Crippen LogP contribution < -0.4 is 0 Å². The highest BCUT2D eigenvalue weighted by atomic mass is 16.6. The molecule has 0 bridgehead atoms. The first-order valence-corrected chi connectivity index (χ1v) is 6.81. The fourth-order valence-corrected chi connectivity index (χ4v) is 2.48. The molecule has 1 aromatic rings. The molecule has 1 atom stereocenters. The number of benzene rings is 1. The van der Waals surface area contributed by atoms with Gasteiger partial charge in [0.05, 0.1) is 10.5 Å². The van der Waals surface area contributed by atoms with E-state index in [1.807, 2.05) is 11.8 Å². The summed E-state index contributed by atoms with van der Waals surface area (Å²) in [6, 6.07) is 6.66. The molecule has 1 heterocycles. The largest absolute Gasteiger partial charge is 0.336 e. The van der Waals surface area contributed by atoms with Gasteiger partial charge < -0.3 is 4.90 Å². The van der Waals surface area contributed by atoms with Gasteiger partial charge in [0.2, 0.25) is 5.91 Å². The summed E-state index contributed by atoms with van der Waals surface area (Å²) >= 11 is 0. The number of hydrogen-bond acceptors (Lipinski definition) is 3. The van der Waals surface area contributed by atoms with Gasteiger partial charge in [0.25, 0.3) is 5.69 Å². The second-order valence-corrected chi connectivity index (χ2v) is 5.03. The summed E-state index contributed by atoms with van der Waals surface area (Å²) in [4.78, 5) is 24.4. The first-order valence-electron chi connectivity index (χ1n) is 6.81. The molecule has 1 amide bonds. The molecule has 5 heteroatoms. The highest BCUT2D eigenvalue weighted by Crippen LogP contribution is 2.20. The van der Waals surface area contributed by atoms with Gasteiger partial charge in [0, 0.05) is 24.7 Å². The first kappa shape index (κ1) is 14.2. The van der Waals surface area contributed by atoms with Crippen LogP contribution in [-0.4, -0.2) is 28.3 Å². The first-order chi connectivity index (χ1) is 9.59. The molecule has 0 N–H and O–H groups in total. The van der Waals surface area contributed by atoms with E-state index in [9.17, 15) is 14.9 Å². The Morgan fingerprint density at radius 1 is 1.40 bits per heavy atom. The van der Waals surface area contributed by atoms with E-state index in [2.05, 4.69) is 0 Å². The van der Waals surface area contributed by atoms with Crippen molar-refractivity contribution in [2.45, 2.75) is 32.2 Å². The van der Waals surface area contributed by atoms with Gasteiger partial charge in [0.15, 0.2) is 0 Å². The topological polar surface area (TPSA) is 63.5 Å². The van der Waals surface area contributed by atoms with Crippen LogP contribution in [0.15, 0.2) is 30.3 Å². The molecule has 0 saturated carbocycles. The third-order valence-corrected chi connectivity index (χ3v) is 3.62. The third-order valence-electron chi connectivity index (χ3n) is 3.62. The van der Waals surface area contributed by atoms with Crippen molar-refractivity contribution in [3.8, 4) is 0 Å². The number of nitrogens with zero attached hydrogens (tertiary/aromatic N) is 2. The zero-order valence-corrected chi connectivity index (χ0v) is 11.5. The molecule has 5 nitrogen and oxygen atoms in total. The van der Waals surface area contributed by atoms with Gasteiger partial charge in [-0.1, -0.05) is 12.1 Å². The van der Waals surface area contributed by atoms with Crippen molar-refractivity contribution >= 4 is 17.7 Å². The maximum absolute atomic E-state index is 12.1. The van der Waals surface area contributed by atoms with Gasteiger partial charge in [-0.05, 0) is 38.3 Å². The molecule has 0 aliphatic carbocycles. The standard InChI is InChI=1S/C15H18N2O3/c1-12-6-4-5-11-16(12)15(18)10-9-13-7-2-3-8-14(13)17(19)20/h2-3,7-10,12H,4-6,11H2,1H3. The quantitative estimate of drug-likeness (QED) is 0.483. The van der Waals surface area contributed by atoms with E-state index in [4.69, 9.17) is 0 Å². The van der Waals surface area contributed by atoms with Gasteiger partial charge in [-0.2, -0.15) is 0 Å². The van der Waals surface area contributed by atoms with Crippen LogP contribution >= 0.6 is 0 Å². The lowest BCUT2D eigenvalue weighted by atomic mass is 10.0. The van der Waals surface area contributed by atoms with Crippen molar-refractivity contribution in [3.05, 3.63) is 46.0 Å². The molecule has 1 aliphatic heterocycles. The molecule has 1 aliphatic rings. The average molecular weight is 274 g/mol. The van der Waals surface area contributed by atoms with Gasteiger partial charge in [-0.15, -0.1) is 0 Å². The molecule has 1 saturated heterocycles. The number of rotatable bonds is 3. The molecule has 1 fully saturated rings. The Labute approximate surface area is 118 Å². The van der Waals surface area contributed by atoms with Crippen LogP contribution in [0.2, 0.25) is 0 Å². The van der Waals surface area contributed by atoms with E-state index < -0.39 is 4.92 Å². The summed E-state index contributed by atoms with van der Waals surface area (Å²) in [6.45, 7) is 2.80. The van der Waals surface area contributed by atoms with Crippen LogP contribution in [0.1, 0.15) is 31.7 Å². The van der Waals surface area contributed by atoms with E-state index >= 15 is 0 Å². The van der Waals surface area contributed by atoms with Crippen LogP contribution in [0.4, 0.5) is 5.69 Å². The molecule has 0 aromatic heterocycles. The molecule has 1 aromatic carbocycles. The van der Waals surface area contributed by atoms with Crippen molar-refractivity contribution in [1.29, 1.82) is 0 Å². The third kappa shape index (κ3) is 3.23. The Kier molecular flexibility index (Phi) is 4.50. The van der Waals surface area contributed by atoms with E-state index in [-0.39, 0.29) is 17.6 Å². The minimum Gasteiger partial charge on any atom is -0.336 e. The van der Waals surface area contributed by atoms with E-state index in [0.29, 0.717) is 5.56 Å². The van der Waals surface area contributed by atoms with Gasteiger partial charge >= 0.3 is 0 Å². The molecule has 20 heavy (non-hydrogen) atoms. The van der Waals surface area contributed by atoms with Gasteiger partial charge in [-0.3, -0.25) is 14.9 Å². The number of nitro groups is 1. The van der Waals surface area contributed by atoms with Crippen LogP contribution in [-0.2, 0) is 4.79 Å². The Morgan fingerprint density at radius 3 is 2.85 bits per heavy atom. The van der Waals surface area contributed by atoms with E-state index in [0.717, 1.165) is 25.8 Å². The SMILES string of the molecule is CC1CCCCN1C(=O)C=Cc1ccccc1[N+](=O)[O-]. The molecule has 2 rings (SSSR count). The molecule has 106 valence electrons. The summed E-state index contributed by atoms with van der Waals surface area (Å²) in [5, 5.41) is 10.9. The predicted molar refractivity (Wildman–Crippen MR) is 77.2 cm³/mol. The lowest BCUT2D eigenvalue weighted by Crippen LogP contribution is -2.41. The molecule has 0 spiro atoms. The lowest BCUT2D eigenvalue weighted by molar-refractivity contribution is -0.385. The number of nitro benzene ring substituents is 1. The Balaban J connectivity index is 2.13. The van der Waals surface area contributed by atoms with Crippen molar-refractivity contribution in [2.75, 3.05) is 6.54 Å². The monoisotopic (exact) mass is 274 g/mol. The van der Waals surface area contributed by atoms with Crippen molar-refractivity contribution in [3.63, 3.8) is 0 Å². The number of amides is 1. The average Bonchev–Trinajstić information content (AvgIpc) is 2.45. The van der Waals surface area contributed by atoms with E-state index in [1.54, 1.807) is 18.2 Å². The summed E-state index contributed by atoms with van der Waals surface area (Å²) in [6.07, 6.45) is 6.16. The number of likely N-dealkylation sites (tertiary alicyclic amines) is 1. The minimum absolute atomic E-state index is 0.0169. The van der Waals surface area contributed by atoms with Crippen molar-refractivity contribution in [1.82, 2.24) is 4.90 Å². The zero-order chi connectivity index (χ0) is 14.5. The minimum atomic E-state index is -0.437. The number of carbonyl (C=O) groups is 1. The summed E-state index contributed by atoms with van der Waals surface area (Å²) in [7, 11) is 0. The lowest BCUT2D eigenvalue weighted by Gasteiger charge is -2.32. The van der Waals surface area contributed by atoms with Crippen molar-refractivity contribution < 1.29 is 9.72 Å². The van der Waals surface area contributed by atoms with E-state index in [1.165, 1.54) is 18.2 Å². The summed E-state index contributed by atoms with van der Waals surface area (Å²) in [5.74, 6) is -0.0737.